The number of aromatic nitrogens is 1. The smallest absolute Gasteiger partial charge is 0.316 e. The molecule has 0 bridgehead atoms. The summed E-state index contributed by atoms with van der Waals surface area (Å²) in [4.78, 5) is 48.0. The highest BCUT2D eigenvalue weighted by Gasteiger charge is 2.51. The van der Waals surface area contributed by atoms with E-state index < -0.39 is 89.5 Å². The van der Waals surface area contributed by atoms with Crippen molar-refractivity contribution in [2.24, 2.45) is 17.8 Å². The number of ether oxygens (including phenoxy) is 4. The van der Waals surface area contributed by atoms with Gasteiger partial charge in [0, 0.05) is 43.0 Å². The molecule has 0 unspecified atom stereocenters. The van der Waals surface area contributed by atoms with Crippen LogP contribution < -0.4 is 16.0 Å². The number of rotatable bonds is 13. The minimum atomic E-state index is -2.04. The highest BCUT2D eigenvalue weighted by atomic mass is 16.7. The lowest BCUT2D eigenvalue weighted by Gasteiger charge is -2.47. The summed E-state index contributed by atoms with van der Waals surface area (Å²) in [5, 5.41) is 55.9. The molecule has 0 aliphatic carbocycles. The highest BCUT2D eigenvalue weighted by Crippen LogP contribution is 2.36. The number of pyridine rings is 1. The molecule has 2 aromatic rings. The van der Waals surface area contributed by atoms with Crippen molar-refractivity contribution in [2.75, 3.05) is 45.7 Å². The van der Waals surface area contributed by atoms with Crippen molar-refractivity contribution < 1.29 is 53.8 Å². The Hall–Kier alpha value is -3.32. The zero-order valence-corrected chi connectivity index (χ0v) is 36.4. The number of fused-ring (bicyclic) bond motifs is 1. The van der Waals surface area contributed by atoms with E-state index >= 15 is 0 Å². The molecule has 7 N–H and O–H groups in total. The number of hydrogen-bond acceptors (Lipinski definition) is 15. The first-order valence-electron chi connectivity index (χ1n) is 20.9. The zero-order valence-electron chi connectivity index (χ0n) is 36.4. The Morgan fingerprint density at radius 3 is 2.42 bits per heavy atom. The lowest BCUT2D eigenvalue weighted by Crippen LogP contribution is -2.60. The van der Waals surface area contributed by atoms with Crippen LogP contribution >= 0.6 is 0 Å². The number of nitrogens with zero attached hydrogens (tertiary/aromatic N) is 2. The van der Waals surface area contributed by atoms with Gasteiger partial charge in [0.05, 0.1) is 59.9 Å². The normalized spacial score (nSPS) is 36.1. The van der Waals surface area contributed by atoms with E-state index in [1.54, 1.807) is 33.9 Å². The number of para-hydroxylation sites is 1. The summed E-state index contributed by atoms with van der Waals surface area (Å²) < 4.78 is 25.1. The predicted octanol–water partition coefficient (Wildman–Crippen LogP) is 2.00. The molecular weight excluding hydrogens is 762 g/mol. The Kier molecular flexibility index (Phi) is 17.2. The fraction of sp³-hybridized carbons (Fsp3) is 0.721. The quantitative estimate of drug-likeness (QED) is 0.0872. The van der Waals surface area contributed by atoms with Gasteiger partial charge in [0.25, 0.3) is 0 Å². The average molecular weight is 832 g/mol. The van der Waals surface area contributed by atoms with Crippen molar-refractivity contribution in [3.05, 3.63) is 36.5 Å². The van der Waals surface area contributed by atoms with Gasteiger partial charge in [0.15, 0.2) is 12.1 Å². The van der Waals surface area contributed by atoms with Crippen LogP contribution in [0.2, 0.25) is 0 Å². The van der Waals surface area contributed by atoms with E-state index in [0.717, 1.165) is 16.6 Å². The summed E-state index contributed by atoms with van der Waals surface area (Å²) in [5.41, 5.74) is -1.74. The molecule has 3 heterocycles. The third-order valence-corrected chi connectivity index (χ3v) is 11.9. The minimum absolute atomic E-state index is 0.0238. The average Bonchev–Trinajstić information content (AvgIpc) is 3.19. The number of aliphatic hydroxyl groups is 4. The fourth-order valence-corrected chi connectivity index (χ4v) is 8.32. The predicted molar refractivity (Wildman–Crippen MR) is 222 cm³/mol. The van der Waals surface area contributed by atoms with Gasteiger partial charge in [-0.25, -0.2) is 0 Å². The standard InChI is InChI=1S/C43H69N5O11/c1-11-34-43(8,55)37(52)28(6)39(53)47-24(2)20-42(7,56-23-31(49)22-44-16-17-45-30-19-29-14-12-13-15-32(29)46-21-30)38(26(4)35(50)27(5)40(54)58-34)59-41-36(51)33(48(9)10)18-25(3)57-41/h12-15,19,21,24-28,31,33-34,36-38,41,44-45,49,51-52,55H,11,16-18,20,22-23H2,1-10H3,(H,47,53)/t24-,25-,26+,27-,28-,31+,33+,34-,36-,37-,38-,41+,42-,43-/m1/s1. The zero-order chi connectivity index (χ0) is 43.8. The number of anilines is 1. The summed E-state index contributed by atoms with van der Waals surface area (Å²) in [6, 6.07) is 8.84. The number of cyclic esters (lactones) is 1. The number of carbonyl (C=O) groups is 3. The Balaban J connectivity index is 1.61. The molecule has 332 valence electrons. The monoisotopic (exact) mass is 831 g/mol. The molecule has 1 aromatic carbocycles. The Morgan fingerprint density at radius 1 is 1.05 bits per heavy atom. The van der Waals surface area contributed by atoms with Crippen LogP contribution in [0.15, 0.2) is 36.5 Å². The van der Waals surface area contributed by atoms with Gasteiger partial charge in [-0.3, -0.25) is 19.4 Å². The molecule has 2 aliphatic heterocycles. The van der Waals surface area contributed by atoms with Gasteiger partial charge in [-0.05, 0) is 80.1 Å². The van der Waals surface area contributed by atoms with Crippen LogP contribution in [-0.4, -0.2) is 155 Å². The van der Waals surface area contributed by atoms with Crippen molar-refractivity contribution >= 4 is 34.3 Å². The number of aliphatic hydroxyl groups excluding tert-OH is 3. The summed E-state index contributed by atoms with van der Waals surface area (Å²) >= 11 is 0. The first-order chi connectivity index (χ1) is 27.7. The minimum Gasteiger partial charge on any atom is -0.459 e. The third-order valence-electron chi connectivity index (χ3n) is 11.9. The molecule has 1 aromatic heterocycles. The van der Waals surface area contributed by atoms with Crippen molar-refractivity contribution in [1.82, 2.24) is 20.5 Å². The second-order valence-corrected chi connectivity index (χ2v) is 17.3. The molecule has 0 radical (unpaired) electrons. The number of carbonyl (C=O) groups excluding carboxylic acids is 3. The van der Waals surface area contributed by atoms with Crippen LogP contribution in [0.25, 0.3) is 10.9 Å². The Bertz CT molecular complexity index is 1700. The summed E-state index contributed by atoms with van der Waals surface area (Å²) in [6.07, 6.45) is -5.37. The van der Waals surface area contributed by atoms with E-state index in [2.05, 4.69) is 20.9 Å². The number of benzene rings is 1. The third kappa shape index (κ3) is 12.2. The van der Waals surface area contributed by atoms with Gasteiger partial charge in [-0.1, -0.05) is 39.0 Å². The van der Waals surface area contributed by atoms with Crippen LogP contribution in [0.1, 0.15) is 74.7 Å². The fourth-order valence-electron chi connectivity index (χ4n) is 8.32. The lowest BCUT2D eigenvalue weighted by atomic mass is 9.79. The molecule has 1 amide bonds. The van der Waals surface area contributed by atoms with Gasteiger partial charge in [0.2, 0.25) is 5.91 Å². The number of hydrogen-bond donors (Lipinski definition) is 7. The number of amides is 1. The summed E-state index contributed by atoms with van der Waals surface area (Å²) in [6.45, 7) is 13.7. The summed E-state index contributed by atoms with van der Waals surface area (Å²) in [7, 11) is 3.68. The van der Waals surface area contributed by atoms with Crippen molar-refractivity contribution in [3.63, 3.8) is 0 Å². The van der Waals surface area contributed by atoms with Gasteiger partial charge < -0.3 is 60.2 Å². The maximum Gasteiger partial charge on any atom is 0.316 e. The molecule has 0 saturated carbocycles. The largest absolute Gasteiger partial charge is 0.459 e. The molecule has 2 fully saturated rings. The molecule has 0 spiro atoms. The molecule has 2 saturated heterocycles. The first-order valence-corrected chi connectivity index (χ1v) is 20.9. The Morgan fingerprint density at radius 2 is 1.75 bits per heavy atom. The molecule has 16 nitrogen and oxygen atoms in total. The van der Waals surface area contributed by atoms with E-state index in [1.165, 1.54) is 20.8 Å². The van der Waals surface area contributed by atoms with E-state index in [9.17, 15) is 34.8 Å². The van der Waals surface area contributed by atoms with Crippen LogP contribution in [0, 0.1) is 17.8 Å². The molecule has 59 heavy (non-hydrogen) atoms. The maximum absolute atomic E-state index is 14.4. The number of esters is 1. The molecule has 14 atom stereocenters. The summed E-state index contributed by atoms with van der Waals surface area (Å²) in [5.74, 6) is -5.64. The molecule has 16 heteroatoms. The van der Waals surface area contributed by atoms with Crippen LogP contribution in [0.4, 0.5) is 5.69 Å². The van der Waals surface area contributed by atoms with Gasteiger partial charge in [-0.15, -0.1) is 0 Å². The Labute approximate surface area is 348 Å². The second-order valence-electron chi connectivity index (χ2n) is 17.3. The van der Waals surface area contributed by atoms with Gasteiger partial charge in [-0.2, -0.15) is 0 Å². The number of nitrogens with one attached hydrogen (secondary N) is 3. The molecule has 4 rings (SSSR count). The second kappa shape index (κ2) is 21.0. The van der Waals surface area contributed by atoms with E-state index in [0.29, 0.717) is 19.5 Å². The van der Waals surface area contributed by atoms with E-state index in [-0.39, 0.29) is 38.1 Å². The SMILES string of the molecule is CC[C@H]1OC(=O)[C@H](C)C(=O)[C@H](C)[C@@H](O[C@@H]2O[C@H](C)C[C@H](N(C)C)[C@H]2O)[C@](C)(OC[C@@H](O)CNCCNc2cnc3ccccc3c2)C[C@@H](C)NC(=O)[C@H](C)[C@@H](O)[C@]1(C)O. The van der Waals surface area contributed by atoms with E-state index in [4.69, 9.17) is 18.9 Å². The topological polar surface area (TPSA) is 221 Å². The maximum atomic E-state index is 14.4. The van der Waals surface area contributed by atoms with Crippen LogP contribution in [0.5, 0.6) is 0 Å². The lowest BCUT2D eigenvalue weighted by molar-refractivity contribution is -0.298. The van der Waals surface area contributed by atoms with Crippen molar-refractivity contribution in [3.8, 4) is 0 Å². The van der Waals surface area contributed by atoms with Gasteiger partial charge >= 0.3 is 5.97 Å². The number of likely N-dealkylation sites (N-methyl/N-ethyl adjacent to an activating group) is 1. The molecule has 2 aliphatic rings. The number of Topliss-reactive ketones (excluding diaryl/α,β-unsaturated/α-hetero) is 1. The van der Waals surface area contributed by atoms with Gasteiger partial charge in [0.1, 0.15) is 23.7 Å². The van der Waals surface area contributed by atoms with Crippen LogP contribution in [0.3, 0.4) is 0 Å². The molecular formula is C43H69N5O11. The highest BCUT2D eigenvalue weighted by molar-refractivity contribution is 6.00. The van der Waals surface area contributed by atoms with Crippen molar-refractivity contribution in [2.45, 2.75) is 141 Å². The van der Waals surface area contributed by atoms with Crippen molar-refractivity contribution in [1.29, 1.82) is 0 Å². The number of ketones is 1. The van der Waals surface area contributed by atoms with Crippen LogP contribution in [-0.2, 0) is 33.3 Å². The first kappa shape index (κ1) is 48.3. The van der Waals surface area contributed by atoms with E-state index in [1.807, 2.05) is 56.3 Å².